The predicted octanol–water partition coefficient (Wildman–Crippen LogP) is 1.12. The molecule has 0 aromatic heterocycles. The molecule has 0 rings (SSSR count). The topological polar surface area (TPSA) is 29.1 Å². The van der Waals surface area contributed by atoms with Crippen LogP contribution in [-0.2, 0) is 4.79 Å². The summed E-state index contributed by atoms with van der Waals surface area (Å²) in [7, 11) is 0. The minimum absolute atomic E-state index is 0. The molecule has 0 aliphatic carbocycles. The number of hydrogen-bond donors (Lipinski definition) is 1. The fourth-order valence-corrected chi connectivity index (χ4v) is 0.311. The van der Waals surface area contributed by atoms with Crippen molar-refractivity contribution in [2.75, 3.05) is 6.54 Å². The van der Waals surface area contributed by atoms with E-state index in [4.69, 9.17) is 0 Å². The second kappa shape index (κ2) is 7.50. The molecule has 0 aromatic rings. The van der Waals surface area contributed by atoms with Gasteiger partial charge in [0.05, 0.1) is 0 Å². The van der Waals surface area contributed by atoms with E-state index in [0.717, 1.165) is 0 Å². The van der Waals surface area contributed by atoms with Crippen LogP contribution in [0.1, 0.15) is 13.3 Å². The number of carbonyl (C=O) groups excluding carboxylic acids is 1. The lowest BCUT2D eigenvalue weighted by Crippen LogP contribution is -2.21. The van der Waals surface area contributed by atoms with Crippen molar-refractivity contribution in [2.24, 2.45) is 0 Å². The molecule has 0 aromatic carbocycles. The highest BCUT2D eigenvalue weighted by Gasteiger charge is 1.89. The van der Waals surface area contributed by atoms with E-state index in [1.165, 1.54) is 0 Å². The van der Waals surface area contributed by atoms with E-state index in [9.17, 15) is 4.79 Å². The van der Waals surface area contributed by atoms with Crippen LogP contribution in [-0.4, -0.2) is 12.5 Å². The van der Waals surface area contributed by atoms with Crippen LogP contribution in [0, 0.1) is 0 Å². The Kier molecular flexibility index (Phi) is 9.43. The van der Waals surface area contributed by atoms with Crippen LogP contribution in [0.25, 0.3) is 0 Å². The number of rotatable bonds is 3. The summed E-state index contributed by atoms with van der Waals surface area (Å²) in [4.78, 5) is 10.4. The zero-order chi connectivity index (χ0) is 6.41. The Bertz CT molecular complexity index is 93.1. The highest BCUT2D eigenvalue weighted by molar-refractivity contribution is 5.85. The monoisotopic (exact) mass is 149 g/mol. The average Bonchev–Trinajstić information content (AvgIpc) is 1.83. The molecule has 3 heteroatoms. The van der Waals surface area contributed by atoms with Gasteiger partial charge in [0.15, 0.2) is 0 Å². The fourth-order valence-electron chi connectivity index (χ4n) is 0.311. The SMILES string of the molecule is C=CCNC(=O)CC.Cl. The molecule has 1 amide bonds. The van der Waals surface area contributed by atoms with Gasteiger partial charge in [-0.25, -0.2) is 0 Å². The standard InChI is InChI=1S/C6H11NO.ClH/c1-3-5-7-6(8)4-2;/h3H,1,4-5H2,2H3,(H,7,8);1H. The highest BCUT2D eigenvalue weighted by Crippen LogP contribution is 1.72. The summed E-state index contributed by atoms with van der Waals surface area (Å²) in [6.45, 7) is 5.85. The van der Waals surface area contributed by atoms with Crippen LogP contribution in [0.15, 0.2) is 12.7 Å². The normalized spacial score (nSPS) is 7.22. The van der Waals surface area contributed by atoms with Gasteiger partial charge in [0.2, 0.25) is 5.91 Å². The molecular weight excluding hydrogens is 138 g/mol. The van der Waals surface area contributed by atoms with Crippen molar-refractivity contribution in [3.63, 3.8) is 0 Å². The molecule has 9 heavy (non-hydrogen) atoms. The number of hydrogen-bond acceptors (Lipinski definition) is 1. The van der Waals surface area contributed by atoms with Gasteiger partial charge >= 0.3 is 0 Å². The average molecular weight is 150 g/mol. The lowest BCUT2D eigenvalue weighted by atomic mass is 10.4. The van der Waals surface area contributed by atoms with Crippen LogP contribution in [0.2, 0.25) is 0 Å². The van der Waals surface area contributed by atoms with Gasteiger partial charge in [-0.3, -0.25) is 4.79 Å². The van der Waals surface area contributed by atoms with E-state index in [-0.39, 0.29) is 18.3 Å². The molecule has 0 fully saturated rings. The Morgan fingerprint density at radius 2 is 2.33 bits per heavy atom. The summed E-state index contributed by atoms with van der Waals surface area (Å²) in [6.07, 6.45) is 2.21. The number of amides is 1. The third-order valence-electron chi connectivity index (χ3n) is 0.765. The van der Waals surface area contributed by atoms with Gasteiger partial charge in [0, 0.05) is 13.0 Å². The third-order valence-corrected chi connectivity index (χ3v) is 0.765. The second-order valence-electron chi connectivity index (χ2n) is 1.45. The van der Waals surface area contributed by atoms with Gasteiger partial charge in [0.1, 0.15) is 0 Å². The van der Waals surface area contributed by atoms with Crippen molar-refractivity contribution in [1.82, 2.24) is 5.32 Å². The number of halogens is 1. The largest absolute Gasteiger partial charge is 0.353 e. The number of carbonyl (C=O) groups is 1. The van der Waals surface area contributed by atoms with Gasteiger partial charge in [-0.1, -0.05) is 13.0 Å². The van der Waals surface area contributed by atoms with Gasteiger partial charge in [0.25, 0.3) is 0 Å². The zero-order valence-electron chi connectivity index (χ0n) is 5.52. The maximum Gasteiger partial charge on any atom is 0.219 e. The maximum atomic E-state index is 10.4. The van der Waals surface area contributed by atoms with Crippen LogP contribution in [0.3, 0.4) is 0 Å². The van der Waals surface area contributed by atoms with Gasteiger partial charge < -0.3 is 5.32 Å². The van der Waals surface area contributed by atoms with E-state index >= 15 is 0 Å². The summed E-state index contributed by atoms with van der Waals surface area (Å²) in [6, 6.07) is 0. The summed E-state index contributed by atoms with van der Waals surface area (Å²) in [5.74, 6) is 0.0740. The lowest BCUT2D eigenvalue weighted by molar-refractivity contribution is -0.120. The summed E-state index contributed by atoms with van der Waals surface area (Å²) >= 11 is 0. The molecule has 0 spiro atoms. The molecule has 0 saturated carbocycles. The predicted molar refractivity (Wildman–Crippen MR) is 40.7 cm³/mol. The third kappa shape index (κ3) is 7.50. The number of nitrogens with one attached hydrogen (secondary N) is 1. The van der Waals surface area contributed by atoms with Crippen molar-refractivity contribution >= 4 is 18.3 Å². The quantitative estimate of drug-likeness (QED) is 0.599. The summed E-state index contributed by atoms with van der Waals surface area (Å²) < 4.78 is 0. The first-order valence-electron chi connectivity index (χ1n) is 2.68. The van der Waals surface area contributed by atoms with E-state index in [1.54, 1.807) is 6.08 Å². The van der Waals surface area contributed by atoms with Crippen LogP contribution in [0.4, 0.5) is 0 Å². The molecule has 2 nitrogen and oxygen atoms in total. The Morgan fingerprint density at radius 3 is 2.67 bits per heavy atom. The van der Waals surface area contributed by atoms with Crippen LogP contribution in [0.5, 0.6) is 0 Å². The molecule has 0 bridgehead atoms. The molecule has 0 unspecified atom stereocenters. The zero-order valence-corrected chi connectivity index (χ0v) is 6.33. The van der Waals surface area contributed by atoms with Crippen molar-refractivity contribution in [1.29, 1.82) is 0 Å². The highest BCUT2D eigenvalue weighted by atomic mass is 35.5. The van der Waals surface area contributed by atoms with Gasteiger partial charge in [-0.2, -0.15) is 0 Å². The lowest BCUT2D eigenvalue weighted by Gasteiger charge is -1.94. The van der Waals surface area contributed by atoms with Crippen LogP contribution < -0.4 is 5.32 Å². The molecule has 0 heterocycles. The van der Waals surface area contributed by atoms with E-state index < -0.39 is 0 Å². The van der Waals surface area contributed by atoms with E-state index in [2.05, 4.69) is 11.9 Å². The first-order chi connectivity index (χ1) is 3.81. The molecule has 1 N–H and O–H groups in total. The van der Waals surface area contributed by atoms with Crippen LogP contribution >= 0.6 is 12.4 Å². The molecule has 0 saturated heterocycles. The Morgan fingerprint density at radius 1 is 1.78 bits per heavy atom. The van der Waals surface area contributed by atoms with Crippen molar-refractivity contribution in [3.05, 3.63) is 12.7 Å². The molecule has 54 valence electrons. The first-order valence-corrected chi connectivity index (χ1v) is 2.68. The van der Waals surface area contributed by atoms with E-state index in [1.807, 2.05) is 6.92 Å². The smallest absolute Gasteiger partial charge is 0.219 e. The molecule has 0 aliphatic rings. The Labute approximate surface area is 61.7 Å². The summed E-state index contributed by atoms with van der Waals surface area (Å²) in [5.41, 5.74) is 0. The van der Waals surface area contributed by atoms with Gasteiger partial charge in [-0.05, 0) is 0 Å². The Balaban J connectivity index is 0. The molecular formula is C6H12ClNO. The minimum Gasteiger partial charge on any atom is -0.353 e. The summed E-state index contributed by atoms with van der Waals surface area (Å²) in [5, 5.41) is 2.62. The molecule has 0 aliphatic heterocycles. The van der Waals surface area contributed by atoms with E-state index in [0.29, 0.717) is 13.0 Å². The fraction of sp³-hybridized carbons (Fsp3) is 0.500. The van der Waals surface area contributed by atoms with Crippen molar-refractivity contribution in [3.8, 4) is 0 Å². The Hall–Kier alpha value is -0.500. The first kappa shape index (κ1) is 11.3. The molecule has 0 atom stereocenters. The minimum atomic E-state index is 0. The molecule has 0 radical (unpaired) electrons. The van der Waals surface area contributed by atoms with Crippen molar-refractivity contribution in [2.45, 2.75) is 13.3 Å². The van der Waals surface area contributed by atoms with Gasteiger partial charge in [-0.15, -0.1) is 19.0 Å². The maximum absolute atomic E-state index is 10.4. The second-order valence-corrected chi connectivity index (χ2v) is 1.45. The van der Waals surface area contributed by atoms with Crippen molar-refractivity contribution < 1.29 is 4.79 Å².